The Morgan fingerprint density at radius 3 is 0.952 bits per heavy atom. The van der Waals surface area contributed by atoms with Gasteiger partial charge in [0.15, 0.2) is 0 Å². The molecular formula is C18H42HfO2-2. The zero-order valence-corrected chi connectivity index (χ0v) is 18.4. The largest absolute Gasteiger partial charge is 0.412 e. The Morgan fingerprint density at radius 2 is 0.714 bits per heavy atom. The van der Waals surface area contributed by atoms with Gasteiger partial charge in [-0.3, -0.25) is 0 Å². The minimum Gasteiger partial charge on any atom is -0.412 e. The summed E-state index contributed by atoms with van der Waals surface area (Å²) in [7, 11) is 0. The molecule has 0 bridgehead atoms. The second-order valence-corrected chi connectivity index (χ2v) is 5.24. The van der Waals surface area contributed by atoms with Gasteiger partial charge in [0.05, 0.1) is 0 Å². The molecule has 3 heteroatoms. The van der Waals surface area contributed by atoms with Crippen LogP contribution in [0.15, 0.2) is 0 Å². The summed E-state index contributed by atoms with van der Waals surface area (Å²) in [5, 5.41) is 0. The van der Waals surface area contributed by atoms with Crippen LogP contribution >= 0.6 is 0 Å². The molecule has 2 nitrogen and oxygen atoms in total. The number of rotatable bonds is 12. The Balaban J connectivity index is -0.0000000711. The van der Waals surface area contributed by atoms with E-state index >= 15 is 0 Å². The summed E-state index contributed by atoms with van der Waals surface area (Å²) < 4.78 is 0. The van der Waals surface area contributed by atoms with Crippen LogP contribution in [0.3, 0.4) is 0 Å². The SMILES string of the molecule is O.O.[CH2-]CCCCCCCC.[CH2-]CCCCCCCC.[Hf]. The summed E-state index contributed by atoms with van der Waals surface area (Å²) in [5.74, 6) is 0. The molecule has 0 aromatic heterocycles. The molecule has 0 aliphatic carbocycles. The molecule has 0 saturated carbocycles. The number of hydrogen-bond acceptors (Lipinski definition) is 0. The van der Waals surface area contributed by atoms with E-state index in [9.17, 15) is 0 Å². The van der Waals surface area contributed by atoms with E-state index in [1.54, 1.807) is 0 Å². The summed E-state index contributed by atoms with van der Waals surface area (Å²) in [6.45, 7) is 12.1. The van der Waals surface area contributed by atoms with Crippen molar-refractivity contribution in [3.63, 3.8) is 0 Å². The summed E-state index contributed by atoms with van der Waals surface area (Å²) in [4.78, 5) is 0. The van der Waals surface area contributed by atoms with Crippen LogP contribution in [0.2, 0.25) is 0 Å². The van der Waals surface area contributed by atoms with E-state index in [0.29, 0.717) is 0 Å². The maximum absolute atomic E-state index is 3.80. The van der Waals surface area contributed by atoms with Crippen LogP contribution in [0.5, 0.6) is 0 Å². The third-order valence-electron chi connectivity index (χ3n) is 3.21. The molecule has 0 aromatic carbocycles. The average molecular weight is 469 g/mol. The van der Waals surface area contributed by atoms with Gasteiger partial charge < -0.3 is 24.8 Å². The first kappa shape index (κ1) is 33.4. The Morgan fingerprint density at radius 1 is 0.476 bits per heavy atom. The van der Waals surface area contributed by atoms with Crippen LogP contribution in [-0.2, 0) is 25.8 Å². The molecule has 0 aliphatic heterocycles. The van der Waals surface area contributed by atoms with Crippen LogP contribution in [0, 0.1) is 13.8 Å². The van der Waals surface area contributed by atoms with Gasteiger partial charge in [-0.25, -0.2) is 0 Å². The molecule has 0 amide bonds. The van der Waals surface area contributed by atoms with Crippen molar-refractivity contribution in [2.75, 3.05) is 0 Å². The fourth-order valence-corrected chi connectivity index (χ4v) is 1.91. The van der Waals surface area contributed by atoms with E-state index in [0.717, 1.165) is 12.8 Å². The Hall–Kier alpha value is 0.790. The minimum atomic E-state index is 0. The third kappa shape index (κ3) is 44.9. The molecule has 0 aromatic rings. The van der Waals surface area contributed by atoms with Gasteiger partial charge in [0.2, 0.25) is 0 Å². The van der Waals surface area contributed by atoms with Crippen molar-refractivity contribution >= 4 is 0 Å². The van der Waals surface area contributed by atoms with Crippen molar-refractivity contribution in [1.29, 1.82) is 0 Å². The monoisotopic (exact) mass is 470 g/mol. The van der Waals surface area contributed by atoms with E-state index in [-0.39, 0.29) is 36.8 Å². The van der Waals surface area contributed by atoms with E-state index in [2.05, 4.69) is 27.7 Å². The molecule has 0 fully saturated rings. The molecule has 132 valence electrons. The van der Waals surface area contributed by atoms with Crippen LogP contribution in [0.1, 0.15) is 104 Å². The Bertz CT molecular complexity index is 95.8. The van der Waals surface area contributed by atoms with Crippen molar-refractivity contribution in [2.24, 2.45) is 0 Å². The van der Waals surface area contributed by atoms with Gasteiger partial charge in [-0.15, -0.1) is 0 Å². The molecule has 21 heavy (non-hydrogen) atoms. The summed E-state index contributed by atoms with van der Waals surface area (Å²) >= 11 is 0. The molecule has 0 heterocycles. The van der Waals surface area contributed by atoms with Gasteiger partial charge in [-0.2, -0.15) is 12.8 Å². The van der Waals surface area contributed by atoms with Gasteiger partial charge in [0, 0.05) is 25.8 Å². The first-order chi connectivity index (χ1) is 8.83. The van der Waals surface area contributed by atoms with Crippen molar-refractivity contribution in [2.45, 2.75) is 104 Å². The Kier molecular flexibility index (Phi) is 59.2. The molecule has 4 N–H and O–H groups in total. The fourth-order valence-electron chi connectivity index (χ4n) is 1.91. The molecule has 0 aliphatic rings. The molecule has 0 unspecified atom stereocenters. The van der Waals surface area contributed by atoms with E-state index in [4.69, 9.17) is 0 Å². The normalized spacial score (nSPS) is 8.57. The minimum absolute atomic E-state index is 0. The summed E-state index contributed by atoms with van der Waals surface area (Å²) in [5.41, 5.74) is 0. The van der Waals surface area contributed by atoms with Gasteiger partial charge in [-0.05, 0) is 0 Å². The van der Waals surface area contributed by atoms with Crippen molar-refractivity contribution in [1.82, 2.24) is 0 Å². The molecule has 0 atom stereocenters. The molecular weight excluding hydrogens is 427 g/mol. The zero-order valence-electron chi connectivity index (χ0n) is 14.8. The van der Waals surface area contributed by atoms with Gasteiger partial charge in [-0.1, -0.05) is 90.9 Å². The van der Waals surface area contributed by atoms with E-state index in [1.807, 2.05) is 0 Å². The second-order valence-electron chi connectivity index (χ2n) is 5.24. The maximum atomic E-state index is 3.80. The summed E-state index contributed by atoms with van der Waals surface area (Å²) in [6.07, 6.45) is 18.9. The topological polar surface area (TPSA) is 63.0 Å². The molecule has 0 spiro atoms. The molecule has 0 rings (SSSR count). The van der Waals surface area contributed by atoms with Crippen molar-refractivity contribution in [3.8, 4) is 0 Å². The first-order valence-corrected chi connectivity index (χ1v) is 8.41. The van der Waals surface area contributed by atoms with Gasteiger partial charge in [0.1, 0.15) is 0 Å². The first-order valence-electron chi connectivity index (χ1n) is 8.41. The fraction of sp³-hybridized carbons (Fsp3) is 0.889. The van der Waals surface area contributed by atoms with Crippen molar-refractivity contribution in [3.05, 3.63) is 13.8 Å². The van der Waals surface area contributed by atoms with Crippen molar-refractivity contribution < 1.29 is 36.8 Å². The van der Waals surface area contributed by atoms with Crippen LogP contribution in [0.4, 0.5) is 0 Å². The van der Waals surface area contributed by atoms with Crippen LogP contribution < -0.4 is 0 Å². The third-order valence-corrected chi connectivity index (χ3v) is 3.21. The zero-order chi connectivity index (χ0) is 13.9. The summed E-state index contributed by atoms with van der Waals surface area (Å²) in [6, 6.07) is 0. The van der Waals surface area contributed by atoms with E-state index < -0.39 is 0 Å². The molecule has 0 radical (unpaired) electrons. The maximum Gasteiger partial charge on any atom is 0 e. The van der Waals surface area contributed by atoms with Gasteiger partial charge in [0.25, 0.3) is 0 Å². The average Bonchev–Trinajstić information content (AvgIpc) is 2.39. The quantitative estimate of drug-likeness (QED) is 0.206. The van der Waals surface area contributed by atoms with E-state index in [1.165, 1.54) is 77.0 Å². The Labute approximate surface area is 154 Å². The standard InChI is InChI=1S/2C9H19.Hf.2H2O/c2*1-3-5-7-9-8-6-4-2;;;/h2*1,3-9H2,2H3;;2*1H2/q2*-1;;;. The van der Waals surface area contributed by atoms with Gasteiger partial charge >= 0.3 is 0 Å². The second kappa shape index (κ2) is 37.2. The smallest absolute Gasteiger partial charge is 0 e. The number of hydrogen-bond donors (Lipinski definition) is 0. The molecule has 0 saturated heterocycles. The number of unbranched alkanes of at least 4 members (excludes halogenated alkanes) is 12. The van der Waals surface area contributed by atoms with Crippen LogP contribution in [0.25, 0.3) is 0 Å². The predicted molar refractivity (Wildman–Crippen MR) is 93.9 cm³/mol. The van der Waals surface area contributed by atoms with Crippen LogP contribution in [-0.4, -0.2) is 11.0 Å². The predicted octanol–water partition coefficient (Wildman–Crippen LogP) is 5.49.